The number of hydrogen-bond donors (Lipinski definition) is 0. The van der Waals surface area contributed by atoms with E-state index < -0.39 is 0 Å². The molecule has 288 valence electrons. The van der Waals surface area contributed by atoms with Gasteiger partial charge in [-0.15, -0.1) is 0 Å². The first-order valence-electron chi connectivity index (χ1n) is 18.6. The molecule has 0 spiro atoms. The zero-order chi connectivity index (χ0) is 38.3. The number of hydrogen-bond acceptors (Lipinski definition) is 4. The average Bonchev–Trinajstić information content (AvgIpc) is 3.69. The molecule has 0 saturated heterocycles. The quantitative estimate of drug-likeness (QED) is 0.195. The van der Waals surface area contributed by atoms with E-state index >= 15 is 0 Å². The molecule has 0 amide bonds. The Morgan fingerprint density at radius 2 is 0.982 bits per heavy atom. The van der Waals surface area contributed by atoms with Crippen molar-refractivity contribution in [1.82, 2.24) is 0 Å². The van der Waals surface area contributed by atoms with Gasteiger partial charge in [-0.25, -0.2) is 12.2 Å². The number of aryl methyl sites for hydroxylation is 6. The van der Waals surface area contributed by atoms with Crippen LogP contribution in [0.1, 0.15) is 76.3 Å². The SMILES string of the molecule is CC1=CC2=C(c3cc(C)cc(C)c3)C3=C(CC2=[C-]1)OCCO3.CC1=CC2=C(c3cc(C)cc(C)c3)C3=C(OCCO3)C(c3cc(C)cc(C)c3)C2=[C-]1.[CH3-].[CH3-].[Si]=[Zr]. The van der Waals surface area contributed by atoms with E-state index in [4.69, 9.17) is 18.9 Å². The fraction of sp³-hybridized carbons (Fsp3) is 0.280. The summed E-state index contributed by atoms with van der Waals surface area (Å²) in [6, 6.07) is 20.1. The van der Waals surface area contributed by atoms with E-state index in [0.717, 1.165) is 46.2 Å². The number of ether oxygens (including phenoxy) is 4. The summed E-state index contributed by atoms with van der Waals surface area (Å²) >= 11 is 1.36. The molecule has 2 heterocycles. The van der Waals surface area contributed by atoms with Crippen LogP contribution in [0.15, 0.2) is 123 Å². The van der Waals surface area contributed by atoms with Gasteiger partial charge in [0.1, 0.15) is 37.9 Å². The van der Waals surface area contributed by atoms with Gasteiger partial charge < -0.3 is 33.8 Å². The first kappa shape index (κ1) is 43.0. The molecule has 0 N–H and O–H groups in total. The Balaban J connectivity index is 0.000000206. The summed E-state index contributed by atoms with van der Waals surface area (Å²) in [5, 5.41) is 0. The van der Waals surface area contributed by atoms with E-state index in [1.54, 1.807) is 0 Å². The van der Waals surface area contributed by atoms with Crippen LogP contribution < -0.4 is 0 Å². The van der Waals surface area contributed by atoms with E-state index in [1.165, 1.54) is 101 Å². The molecular weight excluding hydrogens is 784 g/mol. The van der Waals surface area contributed by atoms with Crippen LogP contribution in [-0.4, -0.2) is 33.3 Å². The van der Waals surface area contributed by atoms with Crippen LogP contribution >= 0.6 is 0 Å². The van der Waals surface area contributed by atoms with Crippen LogP contribution in [0, 0.1) is 68.5 Å². The van der Waals surface area contributed by atoms with Crippen molar-refractivity contribution in [1.29, 1.82) is 0 Å². The van der Waals surface area contributed by atoms with E-state index in [-0.39, 0.29) is 20.8 Å². The summed E-state index contributed by atoms with van der Waals surface area (Å²) < 4.78 is 24.5. The van der Waals surface area contributed by atoms with Gasteiger partial charge in [-0.1, -0.05) is 102 Å². The van der Waals surface area contributed by atoms with Gasteiger partial charge in [0.25, 0.3) is 0 Å². The van der Waals surface area contributed by atoms with Gasteiger partial charge in [0.15, 0.2) is 11.5 Å². The minimum atomic E-state index is 0. The summed E-state index contributed by atoms with van der Waals surface area (Å²) in [6.45, 7) is 22.6. The molecule has 4 nitrogen and oxygen atoms in total. The standard InChI is InChI=1S/C28H27O2.C20H19O2.2CH3.Si.Zr/c1-16-8-17(2)11-21(10-16)25-23-14-20(5)15-24(23)26(28-27(25)29-6-7-30-28)22-12-18(3)9-19(4)13-22;1-12-6-13(2)9-16(8-12)19-17-10-14(3)7-15(17)11-18-20(19)22-5-4-21-18;;;;/h8-14,26H,6-7H2,1-5H3;6,8-10H,4-5,11H2,1-3H3;2*1H3;;/q4*-1;;. The van der Waals surface area contributed by atoms with Crippen molar-refractivity contribution in [2.75, 3.05) is 26.4 Å². The van der Waals surface area contributed by atoms with Crippen molar-refractivity contribution in [2.45, 2.75) is 67.7 Å². The molecular formula is C50H52O4SiZr-4. The third kappa shape index (κ3) is 8.58. The molecule has 4 aliphatic carbocycles. The molecule has 0 bridgehead atoms. The van der Waals surface area contributed by atoms with E-state index in [0.29, 0.717) is 26.4 Å². The van der Waals surface area contributed by atoms with Crippen LogP contribution in [0.25, 0.3) is 11.1 Å². The van der Waals surface area contributed by atoms with Crippen molar-refractivity contribution in [3.63, 3.8) is 0 Å². The molecule has 3 aromatic carbocycles. The Morgan fingerprint density at radius 1 is 0.536 bits per heavy atom. The first-order chi connectivity index (χ1) is 26.0. The summed E-state index contributed by atoms with van der Waals surface area (Å²) in [5.41, 5.74) is 20.7. The monoisotopic (exact) mass is 834 g/mol. The summed E-state index contributed by atoms with van der Waals surface area (Å²) in [5.74, 6) is 3.70. The van der Waals surface area contributed by atoms with E-state index in [9.17, 15) is 0 Å². The number of allylic oxidation sites excluding steroid dienone is 12. The normalized spacial score (nSPS) is 18.7. The maximum atomic E-state index is 6.32. The van der Waals surface area contributed by atoms with Crippen molar-refractivity contribution in [3.8, 4) is 0 Å². The zero-order valence-electron chi connectivity index (χ0n) is 34.6. The predicted octanol–water partition coefficient (Wildman–Crippen LogP) is 11.3. The Labute approximate surface area is 352 Å². The molecule has 2 radical (unpaired) electrons. The second kappa shape index (κ2) is 18.0. The molecule has 6 heteroatoms. The van der Waals surface area contributed by atoms with Crippen LogP contribution in [0.2, 0.25) is 0 Å². The number of fused-ring (bicyclic) bond motifs is 2. The molecule has 0 fully saturated rings. The molecule has 1 unspecified atom stereocenters. The fourth-order valence-electron chi connectivity index (χ4n) is 8.53. The van der Waals surface area contributed by atoms with Crippen molar-refractivity contribution < 1.29 is 42.3 Å². The molecule has 1 atom stereocenters. The molecule has 0 saturated carbocycles. The number of rotatable bonds is 3. The summed E-state index contributed by atoms with van der Waals surface area (Å²) in [6.07, 6.45) is 12.4. The summed E-state index contributed by atoms with van der Waals surface area (Å²) in [4.78, 5) is 0. The van der Waals surface area contributed by atoms with Crippen LogP contribution in [0.5, 0.6) is 0 Å². The fourth-order valence-corrected chi connectivity index (χ4v) is 8.53. The molecule has 3 aromatic rings. The number of benzene rings is 3. The average molecular weight is 836 g/mol. The van der Waals surface area contributed by atoms with Gasteiger partial charge in [0.2, 0.25) is 0 Å². The van der Waals surface area contributed by atoms with Gasteiger partial charge in [0, 0.05) is 12.3 Å². The van der Waals surface area contributed by atoms with Crippen molar-refractivity contribution in [2.24, 2.45) is 0 Å². The first-order valence-corrected chi connectivity index (χ1v) is 22.8. The Kier molecular flexibility index (Phi) is 13.8. The van der Waals surface area contributed by atoms with Crippen LogP contribution in [0.3, 0.4) is 0 Å². The maximum absolute atomic E-state index is 6.32. The van der Waals surface area contributed by atoms with Gasteiger partial charge in [0.05, 0.1) is 0 Å². The van der Waals surface area contributed by atoms with Crippen LogP contribution in [-0.2, 0) is 42.3 Å². The molecule has 6 aliphatic rings. The van der Waals surface area contributed by atoms with E-state index in [1.807, 2.05) is 0 Å². The van der Waals surface area contributed by atoms with Crippen LogP contribution in [0.4, 0.5) is 0 Å². The zero-order valence-corrected chi connectivity index (χ0v) is 38.1. The Bertz CT molecular complexity index is 2260. The second-order valence-electron chi connectivity index (χ2n) is 15.0. The second-order valence-corrected chi connectivity index (χ2v) is 15.0. The van der Waals surface area contributed by atoms with Gasteiger partial charge >= 0.3 is 30.2 Å². The Morgan fingerprint density at radius 3 is 1.55 bits per heavy atom. The predicted molar refractivity (Wildman–Crippen MR) is 226 cm³/mol. The molecule has 0 aromatic heterocycles. The molecule has 56 heavy (non-hydrogen) atoms. The van der Waals surface area contributed by atoms with Crippen molar-refractivity contribution in [3.05, 3.63) is 200 Å². The van der Waals surface area contributed by atoms with Gasteiger partial charge in [-0.05, 0) is 69.4 Å². The topological polar surface area (TPSA) is 36.9 Å². The third-order valence-electron chi connectivity index (χ3n) is 10.2. The minimum absolute atomic E-state index is 0. The summed E-state index contributed by atoms with van der Waals surface area (Å²) in [7, 11) is 0. The molecule has 9 rings (SSSR count). The third-order valence-corrected chi connectivity index (χ3v) is 10.2. The van der Waals surface area contributed by atoms with Gasteiger partial charge in [-0.3, -0.25) is 0 Å². The molecule has 2 aliphatic heterocycles. The van der Waals surface area contributed by atoms with Gasteiger partial charge in [-0.2, -0.15) is 45.6 Å². The van der Waals surface area contributed by atoms with Crippen molar-refractivity contribution >= 4 is 18.0 Å². The van der Waals surface area contributed by atoms with E-state index in [2.05, 4.69) is 141 Å². The Hall–Kier alpha value is -4.12.